The number of nitrogens with one attached hydrogen (secondary N) is 3. The van der Waals surface area contributed by atoms with Crippen LogP contribution in [0.5, 0.6) is 0 Å². The van der Waals surface area contributed by atoms with Gasteiger partial charge < -0.3 is 31.1 Å². The molecule has 3 amide bonds. The number of aliphatic carboxylic acids is 1. The van der Waals surface area contributed by atoms with Gasteiger partial charge >= 0.3 is 5.97 Å². The van der Waals surface area contributed by atoms with Gasteiger partial charge in [-0.3, -0.25) is 14.4 Å². The van der Waals surface area contributed by atoms with Crippen molar-refractivity contribution >= 4 is 23.7 Å². The van der Waals surface area contributed by atoms with E-state index in [1.165, 1.54) is 11.8 Å². The number of carboxylic acids is 1. The molecule has 0 saturated carbocycles. The van der Waals surface area contributed by atoms with Crippen LogP contribution in [0.1, 0.15) is 38.2 Å². The molecule has 2 aliphatic heterocycles. The van der Waals surface area contributed by atoms with Crippen molar-refractivity contribution in [3.8, 4) is 0 Å². The molecule has 0 radical (unpaired) electrons. The number of nitrogens with zero attached hydrogens (tertiary/aromatic N) is 1. The maximum atomic E-state index is 13.3. The summed E-state index contributed by atoms with van der Waals surface area (Å²) in [5, 5.41) is 27.9. The number of benzene rings is 1. The summed E-state index contributed by atoms with van der Waals surface area (Å²) in [6.07, 6.45) is 1.36. The van der Waals surface area contributed by atoms with E-state index in [2.05, 4.69) is 16.0 Å². The van der Waals surface area contributed by atoms with Gasteiger partial charge in [0, 0.05) is 13.0 Å². The molecular weight excluding hydrogens is 428 g/mol. The number of aliphatic hydroxyl groups is 1. The molecule has 2 fully saturated rings. The number of carbonyl (C=O) groups is 4. The van der Waals surface area contributed by atoms with Crippen molar-refractivity contribution < 1.29 is 29.4 Å². The Morgan fingerprint density at radius 1 is 1.12 bits per heavy atom. The standard InChI is InChI=1S/C23H32N4O6/c1-14(28)19(26-20(29)16-9-5-11-24-16)21(30)25-17(13-15-7-3-2-4-8-15)22(31)27-12-6-10-18(27)23(32)33/h2-4,7-8,14,16-19,24,28H,5-6,9-13H2,1H3,(H,25,30)(H,26,29)(H,32,33). The monoisotopic (exact) mass is 460 g/mol. The first-order valence-electron chi connectivity index (χ1n) is 11.4. The lowest BCUT2D eigenvalue weighted by Crippen LogP contribution is -2.60. The molecule has 10 nitrogen and oxygen atoms in total. The van der Waals surface area contributed by atoms with Crippen LogP contribution in [0.15, 0.2) is 30.3 Å². The zero-order chi connectivity index (χ0) is 24.0. The molecule has 5 N–H and O–H groups in total. The molecule has 2 aliphatic rings. The van der Waals surface area contributed by atoms with E-state index in [-0.39, 0.29) is 12.3 Å². The molecule has 0 bridgehead atoms. The molecular formula is C23H32N4O6. The summed E-state index contributed by atoms with van der Waals surface area (Å²) in [5.74, 6) is -2.66. The Morgan fingerprint density at radius 2 is 1.85 bits per heavy atom. The second-order valence-electron chi connectivity index (χ2n) is 8.65. The Balaban J connectivity index is 1.76. The van der Waals surface area contributed by atoms with Crippen LogP contribution in [0.25, 0.3) is 0 Å². The molecule has 1 aromatic rings. The van der Waals surface area contributed by atoms with Gasteiger partial charge in [-0.05, 0) is 44.7 Å². The lowest BCUT2D eigenvalue weighted by molar-refractivity contribution is -0.149. The van der Waals surface area contributed by atoms with E-state index in [1.807, 2.05) is 30.3 Å². The maximum Gasteiger partial charge on any atom is 0.326 e. The number of hydrogen-bond acceptors (Lipinski definition) is 6. The largest absolute Gasteiger partial charge is 0.480 e. The number of carbonyl (C=O) groups excluding carboxylic acids is 3. The highest BCUT2D eigenvalue weighted by atomic mass is 16.4. The quantitative estimate of drug-likeness (QED) is 0.331. The van der Waals surface area contributed by atoms with E-state index >= 15 is 0 Å². The van der Waals surface area contributed by atoms with Gasteiger partial charge in [-0.1, -0.05) is 30.3 Å². The Bertz CT molecular complexity index is 856. The summed E-state index contributed by atoms with van der Waals surface area (Å²) in [7, 11) is 0. The maximum absolute atomic E-state index is 13.3. The smallest absolute Gasteiger partial charge is 0.326 e. The molecule has 3 rings (SSSR count). The summed E-state index contributed by atoms with van der Waals surface area (Å²) in [4.78, 5) is 51.8. The zero-order valence-corrected chi connectivity index (χ0v) is 18.7. The second-order valence-corrected chi connectivity index (χ2v) is 8.65. The molecule has 2 heterocycles. The van der Waals surface area contributed by atoms with Crippen molar-refractivity contribution in [3.63, 3.8) is 0 Å². The molecule has 2 saturated heterocycles. The van der Waals surface area contributed by atoms with Gasteiger partial charge in [0.1, 0.15) is 18.1 Å². The SMILES string of the molecule is CC(O)C(NC(=O)C1CCCN1)C(=O)NC(Cc1ccccc1)C(=O)N1CCCC1C(=O)O. The highest BCUT2D eigenvalue weighted by Crippen LogP contribution is 2.20. The Hall–Kier alpha value is -2.98. The molecule has 1 aromatic carbocycles. The lowest BCUT2D eigenvalue weighted by atomic mass is 10.0. The van der Waals surface area contributed by atoms with Crippen molar-refractivity contribution in [2.24, 2.45) is 0 Å². The van der Waals surface area contributed by atoms with Crippen molar-refractivity contribution in [2.75, 3.05) is 13.1 Å². The number of aliphatic hydroxyl groups excluding tert-OH is 1. The Morgan fingerprint density at radius 3 is 2.45 bits per heavy atom. The van der Waals surface area contributed by atoms with Crippen molar-refractivity contribution in [1.29, 1.82) is 0 Å². The van der Waals surface area contributed by atoms with Crippen LogP contribution in [0.3, 0.4) is 0 Å². The van der Waals surface area contributed by atoms with Gasteiger partial charge in [-0.15, -0.1) is 0 Å². The molecule has 180 valence electrons. The minimum Gasteiger partial charge on any atom is -0.480 e. The second kappa shape index (κ2) is 11.2. The minimum atomic E-state index is -1.25. The van der Waals surface area contributed by atoms with Crippen molar-refractivity contribution in [3.05, 3.63) is 35.9 Å². The number of hydrogen-bond donors (Lipinski definition) is 5. The number of rotatable bonds is 9. The molecule has 0 aromatic heterocycles. The van der Waals surface area contributed by atoms with Crippen LogP contribution >= 0.6 is 0 Å². The molecule has 10 heteroatoms. The van der Waals surface area contributed by atoms with Gasteiger partial charge in [0.05, 0.1) is 12.1 Å². The topological polar surface area (TPSA) is 148 Å². The van der Waals surface area contributed by atoms with E-state index in [0.29, 0.717) is 32.4 Å². The third-order valence-electron chi connectivity index (χ3n) is 6.16. The first-order chi connectivity index (χ1) is 15.8. The fraction of sp³-hybridized carbons (Fsp3) is 0.565. The third-order valence-corrected chi connectivity index (χ3v) is 6.16. The van der Waals surface area contributed by atoms with Crippen molar-refractivity contribution in [1.82, 2.24) is 20.9 Å². The van der Waals surface area contributed by atoms with Crippen LogP contribution in [0.2, 0.25) is 0 Å². The minimum absolute atomic E-state index is 0.152. The van der Waals surface area contributed by atoms with Crippen LogP contribution in [-0.4, -0.2) is 82.2 Å². The fourth-order valence-corrected chi connectivity index (χ4v) is 4.37. The molecule has 5 unspecified atom stereocenters. The Kier molecular flexibility index (Phi) is 8.40. The fourth-order valence-electron chi connectivity index (χ4n) is 4.37. The molecule has 0 aliphatic carbocycles. The van der Waals surface area contributed by atoms with E-state index < -0.39 is 48.1 Å². The Labute approximate surface area is 192 Å². The zero-order valence-electron chi connectivity index (χ0n) is 18.7. The highest BCUT2D eigenvalue weighted by Gasteiger charge is 2.39. The van der Waals surface area contributed by atoms with Gasteiger partial charge in [-0.2, -0.15) is 0 Å². The van der Waals surface area contributed by atoms with Gasteiger partial charge in [0.15, 0.2) is 0 Å². The van der Waals surface area contributed by atoms with Crippen molar-refractivity contribution in [2.45, 2.75) is 69.3 Å². The summed E-state index contributed by atoms with van der Waals surface area (Å²) < 4.78 is 0. The summed E-state index contributed by atoms with van der Waals surface area (Å²) >= 11 is 0. The number of amides is 3. The number of likely N-dealkylation sites (tertiary alicyclic amines) is 1. The van der Waals surface area contributed by atoms with Crippen LogP contribution in [-0.2, 0) is 25.6 Å². The average molecular weight is 461 g/mol. The average Bonchev–Trinajstić information content (AvgIpc) is 3.49. The molecule has 0 spiro atoms. The van der Waals surface area contributed by atoms with Gasteiger partial charge in [0.2, 0.25) is 17.7 Å². The normalized spacial score (nSPS) is 22.9. The van der Waals surface area contributed by atoms with Crippen LogP contribution in [0.4, 0.5) is 0 Å². The lowest BCUT2D eigenvalue weighted by Gasteiger charge is -2.29. The summed E-state index contributed by atoms with van der Waals surface area (Å²) in [6.45, 7) is 2.39. The highest BCUT2D eigenvalue weighted by molar-refractivity contribution is 5.94. The first-order valence-corrected chi connectivity index (χ1v) is 11.4. The first kappa shape index (κ1) is 24.7. The van der Waals surface area contributed by atoms with E-state index in [1.54, 1.807) is 0 Å². The van der Waals surface area contributed by atoms with Gasteiger partial charge in [0.25, 0.3) is 0 Å². The van der Waals surface area contributed by atoms with Crippen LogP contribution < -0.4 is 16.0 Å². The summed E-state index contributed by atoms with van der Waals surface area (Å²) in [5.41, 5.74) is 0.787. The predicted octanol–water partition coefficient (Wildman–Crippen LogP) is -0.593. The number of carboxylic acid groups (broad SMARTS) is 1. The van der Waals surface area contributed by atoms with E-state index in [4.69, 9.17) is 0 Å². The molecule has 5 atom stereocenters. The van der Waals surface area contributed by atoms with Gasteiger partial charge in [-0.25, -0.2) is 4.79 Å². The predicted molar refractivity (Wildman–Crippen MR) is 119 cm³/mol. The van der Waals surface area contributed by atoms with E-state index in [9.17, 15) is 29.4 Å². The van der Waals surface area contributed by atoms with E-state index in [0.717, 1.165) is 12.0 Å². The third kappa shape index (κ3) is 6.29. The molecule has 33 heavy (non-hydrogen) atoms. The van der Waals surface area contributed by atoms with Crippen LogP contribution in [0, 0.1) is 0 Å². The summed E-state index contributed by atoms with van der Waals surface area (Å²) in [6, 6.07) is 5.41.